The number of esters is 1. The number of unbranched alkanes of at least 4 members (excludes halogenated alkanes) is 1. The molecule has 1 rings (SSSR count). The maximum atomic E-state index is 11.7. The first-order chi connectivity index (χ1) is 9.27. The molecule has 4 heteroatoms. The van der Waals surface area contributed by atoms with E-state index in [-0.39, 0.29) is 5.97 Å². The Labute approximate surface area is 114 Å². The lowest BCUT2D eigenvalue weighted by Crippen LogP contribution is -2.07. The van der Waals surface area contributed by atoms with E-state index in [1.807, 2.05) is 0 Å². The Bertz CT molecular complexity index is 359. The lowest BCUT2D eigenvalue weighted by Gasteiger charge is -2.06. The topological polar surface area (TPSA) is 44.8 Å². The molecule has 1 aromatic rings. The number of hydrogen-bond donors (Lipinski definition) is 0. The molecule has 0 spiro atoms. The summed E-state index contributed by atoms with van der Waals surface area (Å²) >= 11 is 0. The van der Waals surface area contributed by atoms with Crippen LogP contribution < -0.4 is 4.74 Å². The molecule has 0 aliphatic rings. The molecule has 0 radical (unpaired) electrons. The van der Waals surface area contributed by atoms with Crippen LogP contribution in [-0.4, -0.2) is 32.9 Å². The van der Waals surface area contributed by atoms with Gasteiger partial charge >= 0.3 is 5.97 Å². The molecule has 1 aromatic carbocycles. The normalized spacial score (nSPS) is 10.2. The Morgan fingerprint density at radius 3 is 2.37 bits per heavy atom. The molecule has 0 N–H and O–H groups in total. The van der Waals surface area contributed by atoms with Crippen LogP contribution in [0.3, 0.4) is 0 Å². The van der Waals surface area contributed by atoms with Gasteiger partial charge in [0.25, 0.3) is 0 Å². The van der Waals surface area contributed by atoms with Crippen LogP contribution in [0.1, 0.15) is 36.5 Å². The van der Waals surface area contributed by atoms with E-state index in [1.54, 1.807) is 31.4 Å². The third-order valence-electron chi connectivity index (χ3n) is 2.54. The molecule has 0 fully saturated rings. The highest BCUT2D eigenvalue weighted by Crippen LogP contribution is 2.13. The molecule has 0 saturated heterocycles. The summed E-state index contributed by atoms with van der Waals surface area (Å²) < 4.78 is 15.5. The Morgan fingerprint density at radius 1 is 1.05 bits per heavy atom. The summed E-state index contributed by atoms with van der Waals surface area (Å²) in [4.78, 5) is 11.7. The van der Waals surface area contributed by atoms with Gasteiger partial charge in [0.1, 0.15) is 5.75 Å². The molecule has 0 aliphatic heterocycles. The maximum absolute atomic E-state index is 11.7. The monoisotopic (exact) mass is 266 g/mol. The Kier molecular flexibility index (Phi) is 7.66. The van der Waals surface area contributed by atoms with E-state index in [9.17, 15) is 4.79 Å². The lowest BCUT2D eigenvalue weighted by atomic mass is 10.2. The summed E-state index contributed by atoms with van der Waals surface area (Å²) in [7, 11) is 1.66. The zero-order chi connectivity index (χ0) is 13.9. The Balaban J connectivity index is 2.32. The second-order valence-electron chi connectivity index (χ2n) is 4.21. The van der Waals surface area contributed by atoms with E-state index in [0.29, 0.717) is 25.4 Å². The fraction of sp³-hybridized carbons (Fsp3) is 0.533. The van der Waals surface area contributed by atoms with E-state index in [4.69, 9.17) is 14.2 Å². The van der Waals surface area contributed by atoms with E-state index in [0.717, 1.165) is 25.0 Å². The average molecular weight is 266 g/mol. The standard InChI is InChI=1S/C15H22O4/c1-3-10-18-14-8-6-13(7-9-14)15(16)19-12-5-4-11-17-2/h6-9H,3-5,10-12H2,1-2H3. The molecule has 4 nitrogen and oxygen atoms in total. The van der Waals surface area contributed by atoms with Gasteiger partial charge in [0.05, 0.1) is 18.8 Å². The minimum Gasteiger partial charge on any atom is -0.494 e. The van der Waals surface area contributed by atoms with Gasteiger partial charge in [0.15, 0.2) is 0 Å². The number of methoxy groups -OCH3 is 1. The van der Waals surface area contributed by atoms with Crippen LogP contribution in [0.4, 0.5) is 0 Å². The minimum absolute atomic E-state index is 0.292. The fourth-order valence-corrected chi connectivity index (χ4v) is 1.50. The fourth-order valence-electron chi connectivity index (χ4n) is 1.50. The molecular formula is C15H22O4. The van der Waals surface area contributed by atoms with Crippen molar-refractivity contribution in [2.75, 3.05) is 26.9 Å². The molecule has 0 atom stereocenters. The molecule has 0 saturated carbocycles. The quantitative estimate of drug-likeness (QED) is 0.509. The zero-order valence-electron chi connectivity index (χ0n) is 11.7. The van der Waals surface area contributed by atoms with Gasteiger partial charge < -0.3 is 14.2 Å². The second-order valence-corrected chi connectivity index (χ2v) is 4.21. The first-order valence-electron chi connectivity index (χ1n) is 6.67. The van der Waals surface area contributed by atoms with Crippen molar-refractivity contribution in [3.8, 4) is 5.75 Å². The largest absolute Gasteiger partial charge is 0.494 e. The van der Waals surface area contributed by atoms with Crippen LogP contribution in [0, 0.1) is 0 Å². The number of rotatable bonds is 9. The summed E-state index contributed by atoms with van der Waals surface area (Å²) in [6, 6.07) is 7.03. The molecule has 0 unspecified atom stereocenters. The second kappa shape index (κ2) is 9.39. The van der Waals surface area contributed by atoms with Crippen LogP contribution in [0.2, 0.25) is 0 Å². The van der Waals surface area contributed by atoms with E-state index in [1.165, 1.54) is 0 Å². The van der Waals surface area contributed by atoms with Crippen molar-refractivity contribution in [3.63, 3.8) is 0 Å². The highest BCUT2D eigenvalue weighted by atomic mass is 16.5. The van der Waals surface area contributed by atoms with Gasteiger partial charge in [-0.05, 0) is 43.5 Å². The van der Waals surface area contributed by atoms with Crippen molar-refractivity contribution in [1.82, 2.24) is 0 Å². The van der Waals surface area contributed by atoms with Crippen molar-refractivity contribution in [1.29, 1.82) is 0 Å². The van der Waals surface area contributed by atoms with Crippen molar-refractivity contribution in [3.05, 3.63) is 29.8 Å². The molecule has 0 amide bonds. The van der Waals surface area contributed by atoms with E-state index in [2.05, 4.69) is 6.92 Å². The SMILES string of the molecule is CCCOc1ccc(C(=O)OCCCCOC)cc1. The highest BCUT2D eigenvalue weighted by molar-refractivity contribution is 5.89. The van der Waals surface area contributed by atoms with Gasteiger partial charge in [-0.15, -0.1) is 0 Å². The van der Waals surface area contributed by atoms with Crippen molar-refractivity contribution in [2.45, 2.75) is 26.2 Å². The molecule has 0 aromatic heterocycles. The number of ether oxygens (including phenoxy) is 3. The van der Waals surface area contributed by atoms with Gasteiger partial charge in [-0.2, -0.15) is 0 Å². The van der Waals surface area contributed by atoms with Crippen molar-refractivity contribution >= 4 is 5.97 Å². The molecule has 19 heavy (non-hydrogen) atoms. The summed E-state index contributed by atoms with van der Waals surface area (Å²) in [5.41, 5.74) is 0.551. The van der Waals surface area contributed by atoms with Crippen molar-refractivity contribution in [2.24, 2.45) is 0 Å². The summed E-state index contributed by atoms with van der Waals surface area (Å²) in [5, 5.41) is 0. The van der Waals surface area contributed by atoms with Gasteiger partial charge in [-0.25, -0.2) is 4.79 Å². The Hall–Kier alpha value is -1.55. The summed E-state index contributed by atoms with van der Waals surface area (Å²) in [6.45, 7) is 3.86. The first kappa shape index (κ1) is 15.5. The number of hydrogen-bond acceptors (Lipinski definition) is 4. The van der Waals surface area contributed by atoms with Crippen LogP contribution in [0.25, 0.3) is 0 Å². The zero-order valence-corrected chi connectivity index (χ0v) is 11.7. The molecule has 0 aliphatic carbocycles. The number of carbonyl (C=O) groups is 1. The first-order valence-corrected chi connectivity index (χ1v) is 6.67. The lowest BCUT2D eigenvalue weighted by molar-refractivity contribution is 0.0489. The average Bonchev–Trinajstić information content (AvgIpc) is 2.45. The van der Waals surface area contributed by atoms with Gasteiger partial charge in [0, 0.05) is 13.7 Å². The smallest absolute Gasteiger partial charge is 0.338 e. The van der Waals surface area contributed by atoms with Gasteiger partial charge in [0.2, 0.25) is 0 Å². The number of carbonyl (C=O) groups excluding carboxylic acids is 1. The van der Waals surface area contributed by atoms with Gasteiger partial charge in [-0.1, -0.05) is 6.92 Å². The molecule has 0 bridgehead atoms. The molecular weight excluding hydrogens is 244 g/mol. The van der Waals surface area contributed by atoms with Crippen molar-refractivity contribution < 1.29 is 19.0 Å². The van der Waals surface area contributed by atoms with Gasteiger partial charge in [-0.3, -0.25) is 0 Å². The summed E-state index contributed by atoms with van der Waals surface area (Å²) in [5.74, 6) is 0.484. The molecule has 106 valence electrons. The highest BCUT2D eigenvalue weighted by Gasteiger charge is 2.06. The van der Waals surface area contributed by atoms with E-state index >= 15 is 0 Å². The number of benzene rings is 1. The Morgan fingerprint density at radius 2 is 1.74 bits per heavy atom. The maximum Gasteiger partial charge on any atom is 0.338 e. The third kappa shape index (κ3) is 6.25. The molecule has 0 heterocycles. The predicted molar refractivity (Wildman–Crippen MR) is 73.6 cm³/mol. The van der Waals surface area contributed by atoms with Crippen LogP contribution in [0.5, 0.6) is 5.75 Å². The predicted octanol–water partition coefficient (Wildman–Crippen LogP) is 3.06. The third-order valence-corrected chi connectivity index (χ3v) is 2.54. The summed E-state index contributed by atoms with van der Waals surface area (Å²) in [6.07, 6.45) is 2.68. The van der Waals surface area contributed by atoms with E-state index < -0.39 is 0 Å². The van der Waals surface area contributed by atoms with Crippen LogP contribution >= 0.6 is 0 Å². The van der Waals surface area contributed by atoms with Crippen LogP contribution in [0.15, 0.2) is 24.3 Å². The van der Waals surface area contributed by atoms with Crippen LogP contribution in [-0.2, 0) is 9.47 Å². The minimum atomic E-state index is -0.292.